The van der Waals surface area contributed by atoms with Crippen LogP contribution >= 0.6 is 11.6 Å². The van der Waals surface area contributed by atoms with Gasteiger partial charge >= 0.3 is 0 Å². The summed E-state index contributed by atoms with van der Waals surface area (Å²) < 4.78 is 0. The van der Waals surface area contributed by atoms with Crippen LogP contribution in [0.1, 0.15) is 47.9 Å². The average Bonchev–Trinajstić information content (AvgIpc) is 2.58. The summed E-state index contributed by atoms with van der Waals surface area (Å²) in [6, 6.07) is 5.16. The Morgan fingerprint density at radius 2 is 1.79 bits per heavy atom. The van der Waals surface area contributed by atoms with Crippen molar-refractivity contribution in [3.05, 3.63) is 34.4 Å². The third-order valence-corrected chi connectivity index (χ3v) is 4.73. The van der Waals surface area contributed by atoms with Crippen LogP contribution in [0.2, 0.25) is 0 Å². The second kappa shape index (κ2) is 6.76. The number of halogens is 1. The Balaban J connectivity index is 2.19. The molecule has 0 N–H and O–H groups in total. The zero-order chi connectivity index (χ0) is 13.8. The highest BCUT2D eigenvalue weighted by atomic mass is 35.5. The van der Waals surface area contributed by atoms with Crippen molar-refractivity contribution >= 4 is 11.6 Å². The van der Waals surface area contributed by atoms with Gasteiger partial charge in [-0.1, -0.05) is 30.5 Å². The van der Waals surface area contributed by atoms with Gasteiger partial charge in [-0.25, -0.2) is 0 Å². The summed E-state index contributed by atoms with van der Waals surface area (Å²) in [7, 11) is 0. The largest absolute Gasteiger partial charge is 0.295 e. The lowest BCUT2D eigenvalue weighted by molar-refractivity contribution is 0.206. The summed E-state index contributed by atoms with van der Waals surface area (Å²) in [4.78, 5) is 2.60. The van der Waals surface area contributed by atoms with E-state index in [9.17, 15) is 0 Å². The maximum absolute atomic E-state index is 6.18. The maximum Gasteiger partial charge on any atom is 0.0379 e. The number of benzene rings is 1. The summed E-state index contributed by atoms with van der Waals surface area (Å²) in [6.07, 6.45) is 5.26. The molecule has 1 aliphatic heterocycles. The van der Waals surface area contributed by atoms with Gasteiger partial charge in [0.1, 0.15) is 0 Å². The summed E-state index contributed by atoms with van der Waals surface area (Å²) >= 11 is 6.18. The zero-order valence-electron chi connectivity index (χ0n) is 12.5. The molecule has 106 valence electrons. The molecule has 1 unspecified atom stereocenters. The van der Waals surface area contributed by atoms with E-state index in [0.29, 0.717) is 6.04 Å². The van der Waals surface area contributed by atoms with Crippen LogP contribution in [-0.2, 0) is 6.54 Å². The molecule has 0 spiro atoms. The van der Waals surface area contributed by atoms with E-state index >= 15 is 0 Å². The van der Waals surface area contributed by atoms with Crippen molar-refractivity contribution in [2.45, 2.75) is 59.0 Å². The first-order valence-electron chi connectivity index (χ1n) is 7.48. The molecule has 1 fully saturated rings. The monoisotopic (exact) mass is 279 g/mol. The van der Waals surface area contributed by atoms with Gasteiger partial charge in [-0.3, -0.25) is 4.90 Å². The third kappa shape index (κ3) is 3.73. The normalized spacial score (nSPS) is 21.4. The number of likely N-dealkylation sites (tertiary alicyclic amines) is 1. The first-order chi connectivity index (χ1) is 9.11. The van der Waals surface area contributed by atoms with E-state index in [0.717, 1.165) is 12.4 Å². The Kier molecular flexibility index (Phi) is 5.29. The number of aryl methyl sites for hydroxylation is 3. The van der Waals surface area contributed by atoms with Crippen molar-refractivity contribution in [1.29, 1.82) is 0 Å². The lowest BCUT2D eigenvalue weighted by atomic mass is 9.99. The van der Waals surface area contributed by atoms with Crippen molar-refractivity contribution in [2.75, 3.05) is 12.4 Å². The minimum atomic E-state index is 0.560. The summed E-state index contributed by atoms with van der Waals surface area (Å²) in [5.74, 6) is 0.768. The van der Waals surface area contributed by atoms with Crippen molar-refractivity contribution in [2.24, 2.45) is 0 Å². The van der Waals surface area contributed by atoms with Crippen LogP contribution in [0.25, 0.3) is 0 Å². The molecule has 1 saturated heterocycles. The molecule has 2 heteroatoms. The van der Waals surface area contributed by atoms with Crippen LogP contribution in [0.3, 0.4) is 0 Å². The van der Waals surface area contributed by atoms with Crippen molar-refractivity contribution < 1.29 is 0 Å². The first kappa shape index (κ1) is 14.9. The SMILES string of the molecule is Cc1cc(C)c(CN2CCCCCC2CCl)c(C)c1. The number of hydrogen-bond acceptors (Lipinski definition) is 1. The highest BCUT2D eigenvalue weighted by Crippen LogP contribution is 2.24. The van der Waals surface area contributed by atoms with Crippen LogP contribution in [0.15, 0.2) is 12.1 Å². The van der Waals surface area contributed by atoms with Crippen molar-refractivity contribution in [3.8, 4) is 0 Å². The quantitative estimate of drug-likeness (QED) is 0.731. The summed E-state index contributed by atoms with van der Waals surface area (Å²) in [6.45, 7) is 8.92. The molecule has 0 aliphatic carbocycles. The molecule has 1 aromatic rings. The van der Waals surface area contributed by atoms with Gasteiger partial charge in [0.05, 0.1) is 0 Å². The van der Waals surface area contributed by atoms with E-state index in [1.807, 2.05) is 0 Å². The van der Waals surface area contributed by atoms with Gasteiger partial charge in [0.15, 0.2) is 0 Å². The van der Waals surface area contributed by atoms with Gasteiger partial charge in [0.25, 0.3) is 0 Å². The molecule has 0 radical (unpaired) electrons. The Hall–Kier alpha value is -0.530. The van der Waals surface area contributed by atoms with Crippen LogP contribution in [-0.4, -0.2) is 23.4 Å². The smallest absolute Gasteiger partial charge is 0.0379 e. The molecule has 1 aliphatic rings. The standard InChI is InChI=1S/C17H26ClN/c1-13-9-14(2)17(15(3)10-13)12-19-8-6-4-5-7-16(19)11-18/h9-10,16H,4-8,11-12H2,1-3H3. The number of hydrogen-bond donors (Lipinski definition) is 0. The molecular weight excluding hydrogens is 254 g/mol. The summed E-state index contributed by atoms with van der Waals surface area (Å²) in [5, 5.41) is 0. The van der Waals surface area contributed by atoms with E-state index in [1.165, 1.54) is 54.5 Å². The highest BCUT2D eigenvalue weighted by Gasteiger charge is 2.21. The highest BCUT2D eigenvalue weighted by molar-refractivity contribution is 6.18. The lowest BCUT2D eigenvalue weighted by Crippen LogP contribution is -2.36. The summed E-state index contributed by atoms with van der Waals surface area (Å²) in [5.41, 5.74) is 5.72. The van der Waals surface area contributed by atoms with Gasteiger partial charge in [0, 0.05) is 18.5 Å². The molecule has 1 heterocycles. The molecule has 1 nitrogen and oxygen atoms in total. The Morgan fingerprint density at radius 1 is 1.11 bits per heavy atom. The van der Waals surface area contributed by atoms with Gasteiger partial charge in [0.2, 0.25) is 0 Å². The molecule has 0 amide bonds. The lowest BCUT2D eigenvalue weighted by Gasteiger charge is -2.29. The van der Waals surface area contributed by atoms with Crippen molar-refractivity contribution in [1.82, 2.24) is 4.90 Å². The molecule has 1 aromatic carbocycles. The molecule has 2 rings (SSSR count). The van der Waals surface area contributed by atoms with Crippen LogP contribution in [0.5, 0.6) is 0 Å². The predicted molar refractivity (Wildman–Crippen MR) is 84.0 cm³/mol. The molecule has 1 atom stereocenters. The van der Waals surface area contributed by atoms with E-state index < -0.39 is 0 Å². The first-order valence-corrected chi connectivity index (χ1v) is 8.02. The fraction of sp³-hybridized carbons (Fsp3) is 0.647. The minimum Gasteiger partial charge on any atom is -0.295 e. The number of rotatable bonds is 3. The zero-order valence-corrected chi connectivity index (χ0v) is 13.3. The number of nitrogens with zero attached hydrogens (tertiary/aromatic N) is 1. The Bertz CT molecular complexity index is 404. The van der Waals surface area contributed by atoms with Gasteiger partial charge in [-0.15, -0.1) is 11.6 Å². The van der Waals surface area contributed by atoms with Gasteiger partial charge in [-0.2, -0.15) is 0 Å². The molecule has 19 heavy (non-hydrogen) atoms. The van der Waals surface area contributed by atoms with Crippen LogP contribution in [0, 0.1) is 20.8 Å². The third-order valence-electron chi connectivity index (χ3n) is 4.38. The molecule has 0 bridgehead atoms. The van der Waals surface area contributed by atoms with E-state index in [2.05, 4.69) is 37.8 Å². The molecular formula is C17H26ClN. The van der Waals surface area contributed by atoms with Gasteiger partial charge < -0.3 is 0 Å². The topological polar surface area (TPSA) is 3.24 Å². The average molecular weight is 280 g/mol. The second-order valence-electron chi connectivity index (χ2n) is 6.01. The second-order valence-corrected chi connectivity index (χ2v) is 6.31. The van der Waals surface area contributed by atoms with E-state index in [4.69, 9.17) is 11.6 Å². The molecule has 0 saturated carbocycles. The van der Waals surface area contributed by atoms with Gasteiger partial charge in [-0.05, 0) is 56.8 Å². The minimum absolute atomic E-state index is 0.560. The fourth-order valence-electron chi connectivity index (χ4n) is 3.28. The van der Waals surface area contributed by atoms with Crippen molar-refractivity contribution in [3.63, 3.8) is 0 Å². The van der Waals surface area contributed by atoms with E-state index in [1.54, 1.807) is 0 Å². The number of alkyl halides is 1. The van der Waals surface area contributed by atoms with Crippen LogP contribution in [0.4, 0.5) is 0 Å². The fourth-order valence-corrected chi connectivity index (χ4v) is 3.63. The maximum atomic E-state index is 6.18. The Labute approximate surface area is 123 Å². The van der Waals surface area contributed by atoms with E-state index in [-0.39, 0.29) is 0 Å². The molecule has 0 aromatic heterocycles. The van der Waals surface area contributed by atoms with Crippen LogP contribution < -0.4 is 0 Å². The Morgan fingerprint density at radius 3 is 2.42 bits per heavy atom. The predicted octanol–water partition coefficient (Wildman–Crippen LogP) is 4.60.